The third-order valence-electron chi connectivity index (χ3n) is 5.60. The van der Waals surface area contributed by atoms with Gasteiger partial charge in [-0.1, -0.05) is 74.5 Å². The van der Waals surface area contributed by atoms with Crippen molar-refractivity contribution in [1.82, 2.24) is 16.0 Å². The van der Waals surface area contributed by atoms with Gasteiger partial charge in [0.05, 0.1) is 12.6 Å². The standard InChI is InChI=1S/C28H37N3O4/c1-21(2)18-25(28(35)30-24(20-32)15-9-14-22-10-5-3-6-11-22)31-27(34)19-29-26(33)17-16-23-12-7-4-8-13-23/h3-8,10-13,20-21,24-25H,9,14-19H2,1-2H3,(H,29,33)(H,30,35)(H,31,34)/t24-,25+/m1/s1. The molecule has 2 aromatic carbocycles. The van der Waals surface area contributed by atoms with Crippen LogP contribution in [0.25, 0.3) is 0 Å². The maximum atomic E-state index is 12.8. The van der Waals surface area contributed by atoms with Crippen molar-refractivity contribution in [1.29, 1.82) is 0 Å². The van der Waals surface area contributed by atoms with Gasteiger partial charge in [0.2, 0.25) is 17.7 Å². The molecule has 188 valence electrons. The summed E-state index contributed by atoms with van der Waals surface area (Å²) in [5.41, 5.74) is 2.23. The second kappa shape index (κ2) is 15.4. The lowest BCUT2D eigenvalue weighted by molar-refractivity contribution is -0.131. The Morgan fingerprint density at radius 2 is 1.43 bits per heavy atom. The number of benzene rings is 2. The van der Waals surface area contributed by atoms with Crippen LogP contribution in [0.2, 0.25) is 0 Å². The lowest BCUT2D eigenvalue weighted by Crippen LogP contribution is -2.52. The lowest BCUT2D eigenvalue weighted by atomic mass is 10.0. The third kappa shape index (κ3) is 11.5. The minimum atomic E-state index is -0.778. The molecule has 0 aliphatic carbocycles. The van der Waals surface area contributed by atoms with Crippen LogP contribution in [0.1, 0.15) is 50.7 Å². The molecule has 35 heavy (non-hydrogen) atoms. The zero-order valence-corrected chi connectivity index (χ0v) is 20.7. The summed E-state index contributed by atoms with van der Waals surface area (Å²) in [5.74, 6) is -0.905. The highest BCUT2D eigenvalue weighted by atomic mass is 16.2. The van der Waals surface area contributed by atoms with Gasteiger partial charge in [-0.2, -0.15) is 0 Å². The summed E-state index contributed by atoms with van der Waals surface area (Å²) >= 11 is 0. The molecule has 0 saturated carbocycles. The number of aldehydes is 1. The van der Waals surface area contributed by atoms with Crippen molar-refractivity contribution in [2.75, 3.05) is 6.54 Å². The highest BCUT2D eigenvalue weighted by Crippen LogP contribution is 2.08. The van der Waals surface area contributed by atoms with E-state index in [2.05, 4.69) is 16.0 Å². The second-order valence-corrected chi connectivity index (χ2v) is 9.14. The summed E-state index contributed by atoms with van der Waals surface area (Å²) in [5, 5.41) is 8.07. The molecule has 0 saturated heterocycles. The van der Waals surface area contributed by atoms with Gasteiger partial charge >= 0.3 is 0 Å². The van der Waals surface area contributed by atoms with E-state index in [0.29, 0.717) is 19.3 Å². The topological polar surface area (TPSA) is 104 Å². The van der Waals surface area contributed by atoms with E-state index >= 15 is 0 Å². The molecular formula is C28H37N3O4. The molecule has 2 atom stereocenters. The van der Waals surface area contributed by atoms with Gasteiger partial charge < -0.3 is 20.7 Å². The van der Waals surface area contributed by atoms with Crippen LogP contribution in [0.5, 0.6) is 0 Å². The zero-order chi connectivity index (χ0) is 25.5. The van der Waals surface area contributed by atoms with Gasteiger partial charge in [-0.3, -0.25) is 14.4 Å². The van der Waals surface area contributed by atoms with Crippen LogP contribution in [-0.2, 0) is 32.0 Å². The van der Waals surface area contributed by atoms with Crippen LogP contribution in [0, 0.1) is 5.92 Å². The van der Waals surface area contributed by atoms with Crippen molar-refractivity contribution in [2.45, 2.75) is 64.5 Å². The molecule has 0 aromatic heterocycles. The highest BCUT2D eigenvalue weighted by molar-refractivity contribution is 5.91. The van der Waals surface area contributed by atoms with Crippen LogP contribution >= 0.6 is 0 Å². The fourth-order valence-electron chi connectivity index (χ4n) is 3.75. The number of carbonyl (C=O) groups excluding carboxylic acids is 4. The molecule has 0 spiro atoms. The molecule has 7 heteroatoms. The minimum Gasteiger partial charge on any atom is -0.347 e. The first-order valence-electron chi connectivity index (χ1n) is 12.3. The first-order valence-corrected chi connectivity index (χ1v) is 12.3. The van der Waals surface area contributed by atoms with Crippen LogP contribution < -0.4 is 16.0 Å². The SMILES string of the molecule is CC(C)C[C@H](NC(=O)CNC(=O)CCc1ccccc1)C(=O)N[C@@H](C=O)CCCc1ccccc1. The Morgan fingerprint density at radius 1 is 0.829 bits per heavy atom. The Kier molecular flexibility index (Phi) is 12.2. The number of hydrogen-bond acceptors (Lipinski definition) is 4. The van der Waals surface area contributed by atoms with Gasteiger partial charge in [0.15, 0.2) is 0 Å². The molecule has 2 rings (SSSR count). The van der Waals surface area contributed by atoms with Crippen molar-refractivity contribution in [3.63, 3.8) is 0 Å². The van der Waals surface area contributed by atoms with E-state index in [1.807, 2.05) is 74.5 Å². The number of aryl methyl sites for hydroxylation is 2. The molecule has 0 heterocycles. The first-order chi connectivity index (χ1) is 16.9. The minimum absolute atomic E-state index is 0.152. The maximum absolute atomic E-state index is 12.8. The van der Waals surface area contributed by atoms with Crippen LogP contribution in [0.15, 0.2) is 60.7 Å². The summed E-state index contributed by atoms with van der Waals surface area (Å²) in [7, 11) is 0. The lowest BCUT2D eigenvalue weighted by Gasteiger charge is -2.22. The molecule has 0 bridgehead atoms. The van der Waals surface area contributed by atoms with E-state index in [4.69, 9.17) is 0 Å². The predicted molar refractivity (Wildman–Crippen MR) is 137 cm³/mol. The highest BCUT2D eigenvalue weighted by Gasteiger charge is 2.24. The monoisotopic (exact) mass is 479 g/mol. The summed E-state index contributed by atoms with van der Waals surface area (Å²) < 4.78 is 0. The van der Waals surface area contributed by atoms with Crippen molar-refractivity contribution < 1.29 is 19.2 Å². The smallest absolute Gasteiger partial charge is 0.243 e. The van der Waals surface area contributed by atoms with Gasteiger partial charge in [-0.25, -0.2) is 0 Å². The number of nitrogens with one attached hydrogen (secondary N) is 3. The molecule has 7 nitrogen and oxygen atoms in total. The first kappa shape index (κ1) is 27.8. The van der Waals surface area contributed by atoms with Gasteiger partial charge in [0.25, 0.3) is 0 Å². The molecule has 0 unspecified atom stereocenters. The summed E-state index contributed by atoms with van der Waals surface area (Å²) in [6.45, 7) is 3.70. The summed E-state index contributed by atoms with van der Waals surface area (Å²) in [6, 6.07) is 18.2. The van der Waals surface area contributed by atoms with Crippen LogP contribution in [0.3, 0.4) is 0 Å². The molecule has 0 fully saturated rings. The number of hydrogen-bond donors (Lipinski definition) is 3. The van der Waals surface area contributed by atoms with Crippen molar-refractivity contribution >= 4 is 24.0 Å². The predicted octanol–water partition coefficient (Wildman–Crippen LogP) is 2.97. The fraction of sp³-hybridized carbons (Fsp3) is 0.429. The van der Waals surface area contributed by atoms with E-state index < -0.39 is 18.0 Å². The Bertz CT molecular complexity index is 932. The average molecular weight is 480 g/mol. The largest absolute Gasteiger partial charge is 0.347 e. The Morgan fingerprint density at radius 3 is 2.00 bits per heavy atom. The summed E-state index contributed by atoms with van der Waals surface area (Å²) in [6.07, 6.45) is 4.12. The Hall–Kier alpha value is -3.48. The van der Waals surface area contributed by atoms with Crippen LogP contribution in [-0.4, -0.2) is 42.6 Å². The molecule has 3 amide bonds. The zero-order valence-electron chi connectivity index (χ0n) is 20.7. The number of carbonyl (C=O) groups is 4. The Balaban J connectivity index is 1.79. The van der Waals surface area contributed by atoms with E-state index in [9.17, 15) is 19.2 Å². The number of amides is 3. The third-order valence-corrected chi connectivity index (χ3v) is 5.60. The van der Waals surface area contributed by atoms with Crippen molar-refractivity contribution in [3.05, 3.63) is 71.8 Å². The normalized spacial score (nSPS) is 12.4. The van der Waals surface area contributed by atoms with Crippen molar-refractivity contribution in [3.8, 4) is 0 Å². The van der Waals surface area contributed by atoms with E-state index in [-0.39, 0.29) is 30.7 Å². The molecule has 3 N–H and O–H groups in total. The van der Waals surface area contributed by atoms with Crippen molar-refractivity contribution in [2.24, 2.45) is 5.92 Å². The van der Waals surface area contributed by atoms with E-state index in [1.165, 1.54) is 5.56 Å². The maximum Gasteiger partial charge on any atom is 0.243 e. The van der Waals surface area contributed by atoms with Gasteiger partial charge in [-0.05, 0) is 49.1 Å². The molecular weight excluding hydrogens is 442 g/mol. The van der Waals surface area contributed by atoms with E-state index in [1.54, 1.807) is 0 Å². The fourth-order valence-corrected chi connectivity index (χ4v) is 3.75. The van der Waals surface area contributed by atoms with Gasteiger partial charge in [-0.15, -0.1) is 0 Å². The Labute approximate surface area is 208 Å². The molecule has 0 aliphatic heterocycles. The molecule has 0 aliphatic rings. The van der Waals surface area contributed by atoms with E-state index in [0.717, 1.165) is 24.7 Å². The molecule has 0 radical (unpaired) electrons. The molecule has 2 aromatic rings. The van der Waals surface area contributed by atoms with Gasteiger partial charge in [0.1, 0.15) is 12.3 Å². The number of rotatable bonds is 15. The average Bonchev–Trinajstić information content (AvgIpc) is 2.86. The quantitative estimate of drug-likeness (QED) is 0.342. The van der Waals surface area contributed by atoms with Crippen LogP contribution in [0.4, 0.5) is 0 Å². The second-order valence-electron chi connectivity index (χ2n) is 9.14. The summed E-state index contributed by atoms with van der Waals surface area (Å²) in [4.78, 5) is 48.9. The van der Waals surface area contributed by atoms with Gasteiger partial charge in [0, 0.05) is 6.42 Å².